The lowest BCUT2D eigenvalue weighted by Gasteiger charge is -2.08. The largest absolute Gasteiger partial charge is 0.741 e. The Morgan fingerprint density at radius 1 is 0.870 bits per heavy atom. The smallest absolute Gasteiger partial charge is 0.485 e. The summed E-state index contributed by atoms with van der Waals surface area (Å²) in [6, 6.07) is 15.9. The van der Waals surface area contributed by atoms with Crippen molar-refractivity contribution in [3.8, 4) is 0 Å². The van der Waals surface area contributed by atoms with Crippen molar-refractivity contribution in [3.63, 3.8) is 0 Å². The molecule has 0 aliphatic heterocycles. The summed E-state index contributed by atoms with van der Waals surface area (Å²) in [5.74, 6) is 0. The Labute approximate surface area is 151 Å². The van der Waals surface area contributed by atoms with Crippen molar-refractivity contribution in [1.82, 2.24) is 0 Å². The highest BCUT2D eigenvalue weighted by atomic mass is 127. The van der Waals surface area contributed by atoms with Crippen molar-refractivity contribution in [1.29, 1.82) is 0 Å². The van der Waals surface area contributed by atoms with E-state index in [9.17, 15) is 13.2 Å². The molecule has 2 rings (SSSR count). The highest BCUT2D eigenvalue weighted by Crippen LogP contribution is 2.20. The highest BCUT2D eigenvalue weighted by molar-refractivity contribution is 7.86. The zero-order valence-electron chi connectivity index (χ0n) is 11.0. The lowest BCUT2D eigenvalue weighted by Crippen LogP contribution is -3.61. The van der Waals surface area contributed by atoms with Gasteiger partial charge in [0.05, 0.1) is 10.0 Å². The van der Waals surface area contributed by atoms with Gasteiger partial charge in [-0.3, -0.25) is 0 Å². The van der Waals surface area contributed by atoms with E-state index in [-0.39, 0.29) is 21.2 Å². The van der Waals surface area contributed by atoms with Gasteiger partial charge in [-0.1, -0.05) is 47.5 Å². The van der Waals surface area contributed by atoms with Crippen molar-refractivity contribution in [2.24, 2.45) is 0 Å². The zero-order chi connectivity index (χ0) is 17.7. The van der Waals surface area contributed by atoms with E-state index in [4.69, 9.17) is 36.2 Å². The number of alkyl halides is 3. The molecule has 0 radical (unpaired) electrons. The van der Waals surface area contributed by atoms with E-state index < -0.39 is 15.6 Å². The van der Waals surface area contributed by atoms with Gasteiger partial charge in [0.15, 0.2) is 10.1 Å². The molecule has 0 aliphatic carbocycles. The van der Waals surface area contributed by atoms with Gasteiger partial charge in [0.25, 0.3) is 0 Å². The summed E-state index contributed by atoms with van der Waals surface area (Å²) in [6.07, 6.45) is 0. The molecule has 0 amide bonds. The van der Waals surface area contributed by atoms with Gasteiger partial charge in [-0.25, -0.2) is 8.42 Å². The molecule has 2 aromatic rings. The first-order valence-electron chi connectivity index (χ1n) is 5.68. The average molecular weight is 499 g/mol. The van der Waals surface area contributed by atoms with Gasteiger partial charge in [0, 0.05) is 0 Å². The summed E-state index contributed by atoms with van der Waals surface area (Å²) in [5, 5.41) is 1.68. The molecule has 2 aromatic carbocycles. The Bertz CT molecular complexity index is 724. The predicted octanol–water partition coefficient (Wildman–Crippen LogP) is 1.17. The van der Waals surface area contributed by atoms with E-state index in [2.05, 4.69) is 12.1 Å². The second-order valence-corrected chi connectivity index (χ2v) is 8.87. The van der Waals surface area contributed by atoms with Crippen LogP contribution in [0.2, 0.25) is 10.0 Å². The summed E-state index contributed by atoms with van der Waals surface area (Å²) in [5.41, 5.74) is -5.65. The minimum absolute atomic E-state index is 0.279. The third kappa shape index (κ3) is 6.84. The second kappa shape index (κ2) is 8.52. The van der Waals surface area contributed by atoms with Crippen LogP contribution >= 0.6 is 23.2 Å². The lowest BCUT2D eigenvalue weighted by atomic mass is 10.4. The molecule has 0 aromatic heterocycles. The van der Waals surface area contributed by atoms with E-state index in [0.717, 1.165) is 10.0 Å². The number of hydrogen-bond donors (Lipinski definition) is 0. The van der Waals surface area contributed by atoms with Crippen LogP contribution in [0.5, 0.6) is 0 Å². The molecule has 0 N–H and O–H groups in total. The Morgan fingerprint density at radius 2 is 1.17 bits per heavy atom. The van der Waals surface area contributed by atoms with Gasteiger partial charge in [-0.05, 0) is 24.3 Å². The molecule has 10 heteroatoms. The molecule has 126 valence electrons. The molecule has 0 saturated carbocycles. The molecule has 0 aliphatic rings. The number of rotatable bonds is 2. The Balaban J connectivity index is 0.000000284. The number of hydrogen-bond acceptors (Lipinski definition) is 3. The molecular weight excluding hydrogens is 491 g/mol. The van der Waals surface area contributed by atoms with Crippen LogP contribution in [-0.4, -0.2) is 18.5 Å². The lowest BCUT2D eigenvalue weighted by molar-refractivity contribution is -0.597. The summed E-state index contributed by atoms with van der Waals surface area (Å²) < 4.78 is 61.3. The normalized spacial score (nSPS) is 11.6. The fourth-order valence-corrected chi connectivity index (χ4v) is 4.17. The van der Waals surface area contributed by atoms with E-state index in [1.807, 2.05) is 36.4 Å². The monoisotopic (exact) mass is 498 g/mol. The van der Waals surface area contributed by atoms with Gasteiger partial charge < -0.3 is 4.55 Å². The molecule has 0 fully saturated rings. The van der Waals surface area contributed by atoms with E-state index in [0.29, 0.717) is 0 Å². The van der Waals surface area contributed by atoms with E-state index >= 15 is 0 Å². The third-order valence-electron chi connectivity index (χ3n) is 2.14. The Morgan fingerprint density at radius 3 is 1.43 bits per heavy atom. The molecule has 0 atom stereocenters. The van der Waals surface area contributed by atoms with Gasteiger partial charge in [0.1, 0.15) is 0 Å². The van der Waals surface area contributed by atoms with Crippen molar-refractivity contribution >= 4 is 33.3 Å². The summed E-state index contributed by atoms with van der Waals surface area (Å²) in [4.78, 5) is 0. The molecule has 0 heterocycles. The van der Waals surface area contributed by atoms with Crippen LogP contribution in [0.1, 0.15) is 0 Å². The van der Waals surface area contributed by atoms with Crippen LogP contribution in [0.4, 0.5) is 13.2 Å². The minimum Gasteiger partial charge on any atom is -0.741 e. The first-order valence-corrected chi connectivity index (χ1v) is 10.0. The molecule has 3 nitrogen and oxygen atoms in total. The predicted molar refractivity (Wildman–Crippen MR) is 76.1 cm³/mol. The highest BCUT2D eigenvalue weighted by Gasteiger charge is 2.36. The maximum atomic E-state index is 10.7. The number of benzene rings is 2. The van der Waals surface area contributed by atoms with Crippen LogP contribution in [0, 0.1) is 7.14 Å². The SMILES string of the molecule is Clc1ccccc1[I+]c1ccccc1Cl.O=S(=O)([O-])C(F)(F)F. The molecule has 0 spiro atoms. The van der Waals surface area contributed by atoms with Crippen molar-refractivity contribution in [2.45, 2.75) is 5.51 Å². The first kappa shape index (κ1) is 20.5. The third-order valence-corrected chi connectivity index (χ3v) is 7.04. The van der Waals surface area contributed by atoms with Gasteiger partial charge >= 0.3 is 26.7 Å². The maximum absolute atomic E-state index is 10.7. The zero-order valence-corrected chi connectivity index (χ0v) is 15.5. The summed E-state index contributed by atoms with van der Waals surface area (Å²) in [6.45, 7) is 0. The Kier molecular flexibility index (Phi) is 7.59. The first-order chi connectivity index (χ1) is 10.5. The maximum Gasteiger partial charge on any atom is 0.485 e. The fraction of sp³-hybridized carbons (Fsp3) is 0.0769. The quantitative estimate of drug-likeness (QED) is 0.355. The average Bonchev–Trinajstić information content (AvgIpc) is 2.42. The van der Waals surface area contributed by atoms with Gasteiger partial charge in [-0.2, -0.15) is 13.2 Å². The van der Waals surface area contributed by atoms with Crippen molar-refractivity contribution in [2.75, 3.05) is 0 Å². The van der Waals surface area contributed by atoms with Gasteiger partial charge in [-0.15, -0.1) is 0 Å². The van der Waals surface area contributed by atoms with E-state index in [1.54, 1.807) is 0 Å². The van der Waals surface area contributed by atoms with Gasteiger partial charge in [0.2, 0.25) is 7.14 Å². The summed E-state index contributed by atoms with van der Waals surface area (Å²) in [7, 11) is -6.09. The molecule has 23 heavy (non-hydrogen) atoms. The van der Waals surface area contributed by atoms with Crippen LogP contribution in [-0.2, 0) is 10.1 Å². The molecule has 0 saturated heterocycles. The molecule has 0 unspecified atom stereocenters. The second-order valence-electron chi connectivity index (χ2n) is 3.82. The standard InChI is InChI=1S/C12H8Cl2I.CHF3O3S/c13-9-5-1-3-7-11(9)15-12-8-4-2-6-10(12)14;2-1(3,4)8(5,6)7/h1-8H;(H,5,6,7)/q+1;/p-1. The Hall–Kier alpha value is -0.550. The van der Waals surface area contributed by atoms with E-state index in [1.165, 1.54) is 7.14 Å². The topological polar surface area (TPSA) is 57.2 Å². The van der Waals surface area contributed by atoms with Crippen LogP contribution in [0.15, 0.2) is 48.5 Å². The molecule has 0 bridgehead atoms. The fourth-order valence-electron chi connectivity index (χ4n) is 1.14. The van der Waals surface area contributed by atoms with Crippen LogP contribution in [0.25, 0.3) is 0 Å². The van der Waals surface area contributed by atoms with Crippen LogP contribution in [0.3, 0.4) is 0 Å². The van der Waals surface area contributed by atoms with Crippen LogP contribution < -0.4 is 21.2 Å². The molecular formula is C13H8Cl2F3IO3S. The summed E-state index contributed by atoms with van der Waals surface area (Å²) >= 11 is 11.9. The number of halogens is 6. The minimum atomic E-state index is -6.09. The van der Waals surface area contributed by atoms with Crippen molar-refractivity contribution in [3.05, 3.63) is 65.7 Å². The van der Waals surface area contributed by atoms with Crippen molar-refractivity contribution < 1.29 is 47.3 Å².